The average molecular weight is 267 g/mol. The lowest BCUT2D eigenvalue weighted by Gasteiger charge is -2.33. The van der Waals surface area contributed by atoms with E-state index in [1.54, 1.807) is 0 Å². The molecule has 2 rings (SSSR count). The second-order valence-corrected chi connectivity index (χ2v) is 6.07. The van der Waals surface area contributed by atoms with Gasteiger partial charge in [-0.2, -0.15) is 0 Å². The Morgan fingerprint density at radius 3 is 2.26 bits per heavy atom. The van der Waals surface area contributed by atoms with E-state index in [0.717, 1.165) is 38.6 Å². The van der Waals surface area contributed by atoms with Crippen LogP contribution in [0.25, 0.3) is 0 Å². The Labute approximate surface area is 117 Å². The molecule has 0 spiro atoms. The lowest BCUT2D eigenvalue weighted by Crippen LogP contribution is -2.44. The molecule has 0 bridgehead atoms. The monoisotopic (exact) mass is 267 g/mol. The molecule has 1 amide bonds. The maximum Gasteiger partial charge on any atom is 0.236 e. The molecule has 4 nitrogen and oxygen atoms in total. The summed E-state index contributed by atoms with van der Waals surface area (Å²) in [6, 6.07) is 0. The smallest absolute Gasteiger partial charge is 0.236 e. The number of carbonyl (C=O) groups excluding carboxylic acids is 1. The quantitative estimate of drug-likeness (QED) is 0.834. The Hall–Kier alpha value is -0.610. The van der Waals surface area contributed by atoms with Gasteiger partial charge < -0.3 is 10.2 Å². The van der Waals surface area contributed by atoms with E-state index in [2.05, 4.69) is 15.1 Å². The predicted octanol–water partition coefficient (Wildman–Crippen LogP) is 1.32. The number of rotatable bonds is 4. The SMILES string of the molecule is CNCC1CCN(CC(=O)N2CCCCCC2)CC1. The molecule has 1 N–H and O–H groups in total. The first-order valence-corrected chi connectivity index (χ1v) is 7.94. The first-order chi connectivity index (χ1) is 9.29. The second-order valence-electron chi connectivity index (χ2n) is 6.07. The Kier molecular flexibility index (Phi) is 6.11. The van der Waals surface area contributed by atoms with Gasteiger partial charge in [-0.15, -0.1) is 0 Å². The molecule has 0 aromatic rings. The Balaban J connectivity index is 1.70. The van der Waals surface area contributed by atoms with Gasteiger partial charge in [-0.1, -0.05) is 12.8 Å². The molecule has 0 aromatic carbocycles. The number of hydrogen-bond acceptors (Lipinski definition) is 3. The fraction of sp³-hybridized carbons (Fsp3) is 0.933. The molecule has 0 aromatic heterocycles. The summed E-state index contributed by atoms with van der Waals surface area (Å²) in [5.41, 5.74) is 0. The maximum atomic E-state index is 12.3. The van der Waals surface area contributed by atoms with Crippen molar-refractivity contribution >= 4 is 5.91 Å². The number of piperidine rings is 1. The zero-order valence-electron chi connectivity index (χ0n) is 12.4. The summed E-state index contributed by atoms with van der Waals surface area (Å²) in [6.07, 6.45) is 7.42. The maximum absolute atomic E-state index is 12.3. The molecular formula is C15H29N3O. The van der Waals surface area contributed by atoms with Crippen molar-refractivity contribution < 1.29 is 4.79 Å². The largest absolute Gasteiger partial charge is 0.342 e. The first-order valence-electron chi connectivity index (χ1n) is 7.94. The number of amides is 1. The summed E-state index contributed by atoms with van der Waals surface area (Å²) in [4.78, 5) is 16.7. The number of hydrogen-bond donors (Lipinski definition) is 1. The Morgan fingerprint density at radius 1 is 1.05 bits per heavy atom. The van der Waals surface area contributed by atoms with Crippen LogP contribution in [-0.2, 0) is 4.79 Å². The highest BCUT2D eigenvalue weighted by molar-refractivity contribution is 5.78. The van der Waals surface area contributed by atoms with Crippen LogP contribution in [-0.4, -0.2) is 62.0 Å². The first kappa shape index (κ1) is 14.8. The van der Waals surface area contributed by atoms with Crippen LogP contribution in [0.1, 0.15) is 38.5 Å². The topological polar surface area (TPSA) is 35.6 Å². The van der Waals surface area contributed by atoms with Gasteiger partial charge in [0.25, 0.3) is 0 Å². The van der Waals surface area contributed by atoms with Crippen LogP contribution in [0.2, 0.25) is 0 Å². The van der Waals surface area contributed by atoms with E-state index in [-0.39, 0.29) is 0 Å². The molecule has 0 aliphatic carbocycles. The van der Waals surface area contributed by atoms with E-state index >= 15 is 0 Å². The van der Waals surface area contributed by atoms with Crippen molar-refractivity contribution in [3.8, 4) is 0 Å². The minimum Gasteiger partial charge on any atom is -0.342 e. The third kappa shape index (κ3) is 4.77. The molecule has 0 radical (unpaired) electrons. The number of nitrogens with one attached hydrogen (secondary N) is 1. The highest BCUT2D eigenvalue weighted by atomic mass is 16.2. The van der Waals surface area contributed by atoms with E-state index in [4.69, 9.17) is 0 Å². The third-order valence-corrected chi connectivity index (χ3v) is 4.52. The molecule has 0 atom stereocenters. The molecule has 2 aliphatic heterocycles. The van der Waals surface area contributed by atoms with Crippen molar-refractivity contribution in [2.45, 2.75) is 38.5 Å². The van der Waals surface area contributed by atoms with Crippen molar-refractivity contribution in [3.63, 3.8) is 0 Å². The molecule has 4 heteroatoms. The van der Waals surface area contributed by atoms with Gasteiger partial charge in [-0.05, 0) is 58.3 Å². The highest BCUT2D eigenvalue weighted by Crippen LogP contribution is 2.17. The van der Waals surface area contributed by atoms with Gasteiger partial charge in [0.05, 0.1) is 6.54 Å². The van der Waals surface area contributed by atoms with Crippen molar-refractivity contribution in [3.05, 3.63) is 0 Å². The summed E-state index contributed by atoms with van der Waals surface area (Å²) < 4.78 is 0. The predicted molar refractivity (Wildman–Crippen MR) is 78.1 cm³/mol. The molecule has 2 aliphatic rings. The van der Waals surface area contributed by atoms with Gasteiger partial charge >= 0.3 is 0 Å². The van der Waals surface area contributed by atoms with E-state index in [0.29, 0.717) is 12.5 Å². The third-order valence-electron chi connectivity index (χ3n) is 4.52. The number of nitrogens with zero attached hydrogens (tertiary/aromatic N) is 2. The van der Waals surface area contributed by atoms with E-state index in [9.17, 15) is 4.79 Å². The lowest BCUT2D eigenvalue weighted by molar-refractivity contribution is -0.132. The van der Waals surface area contributed by atoms with Gasteiger partial charge in [-0.25, -0.2) is 0 Å². The van der Waals surface area contributed by atoms with Crippen LogP contribution in [0, 0.1) is 5.92 Å². The fourth-order valence-corrected chi connectivity index (χ4v) is 3.25. The van der Waals surface area contributed by atoms with Crippen LogP contribution in [0.3, 0.4) is 0 Å². The van der Waals surface area contributed by atoms with Crippen molar-refractivity contribution in [1.29, 1.82) is 0 Å². The molecule has 110 valence electrons. The van der Waals surface area contributed by atoms with Gasteiger partial charge in [0, 0.05) is 13.1 Å². The number of carbonyl (C=O) groups is 1. The fourth-order valence-electron chi connectivity index (χ4n) is 3.25. The average Bonchev–Trinajstić information content (AvgIpc) is 2.70. The van der Waals surface area contributed by atoms with E-state index < -0.39 is 0 Å². The lowest BCUT2D eigenvalue weighted by atomic mass is 9.97. The molecule has 2 saturated heterocycles. The van der Waals surface area contributed by atoms with Gasteiger partial charge in [0.1, 0.15) is 0 Å². The standard InChI is InChI=1S/C15H29N3O/c1-16-12-14-6-10-17(11-7-14)13-15(19)18-8-4-2-3-5-9-18/h14,16H,2-13H2,1H3. The van der Waals surface area contributed by atoms with Gasteiger partial charge in [-0.3, -0.25) is 9.69 Å². The van der Waals surface area contributed by atoms with Gasteiger partial charge in [0.15, 0.2) is 0 Å². The molecule has 19 heavy (non-hydrogen) atoms. The molecule has 0 unspecified atom stereocenters. The van der Waals surface area contributed by atoms with Crippen molar-refractivity contribution in [2.75, 3.05) is 46.3 Å². The van der Waals surface area contributed by atoms with Crippen LogP contribution in [0.4, 0.5) is 0 Å². The summed E-state index contributed by atoms with van der Waals surface area (Å²) in [5.74, 6) is 1.16. The Morgan fingerprint density at radius 2 is 1.68 bits per heavy atom. The summed E-state index contributed by atoms with van der Waals surface area (Å²) in [5, 5.41) is 3.26. The molecule has 0 saturated carbocycles. The minimum absolute atomic E-state index is 0.356. The summed E-state index contributed by atoms with van der Waals surface area (Å²) >= 11 is 0. The van der Waals surface area contributed by atoms with Crippen molar-refractivity contribution in [2.24, 2.45) is 5.92 Å². The molecular weight excluding hydrogens is 238 g/mol. The van der Waals surface area contributed by atoms with Crippen molar-refractivity contribution in [1.82, 2.24) is 15.1 Å². The van der Waals surface area contributed by atoms with Crippen LogP contribution < -0.4 is 5.32 Å². The minimum atomic E-state index is 0.356. The molecule has 2 fully saturated rings. The normalized spacial score (nSPS) is 23.3. The second kappa shape index (κ2) is 7.85. The zero-order chi connectivity index (χ0) is 13.5. The van der Waals surface area contributed by atoms with Crippen LogP contribution in [0.5, 0.6) is 0 Å². The number of likely N-dealkylation sites (tertiary alicyclic amines) is 2. The van der Waals surface area contributed by atoms with Crippen LogP contribution in [0.15, 0.2) is 0 Å². The Bertz CT molecular complexity index is 267. The van der Waals surface area contributed by atoms with Gasteiger partial charge in [0.2, 0.25) is 5.91 Å². The highest BCUT2D eigenvalue weighted by Gasteiger charge is 2.22. The zero-order valence-corrected chi connectivity index (χ0v) is 12.4. The molecule has 2 heterocycles. The van der Waals surface area contributed by atoms with Crippen LogP contribution >= 0.6 is 0 Å². The summed E-state index contributed by atoms with van der Waals surface area (Å²) in [6.45, 7) is 5.90. The van der Waals surface area contributed by atoms with E-state index in [1.165, 1.54) is 38.5 Å². The summed E-state index contributed by atoms with van der Waals surface area (Å²) in [7, 11) is 2.02. The van der Waals surface area contributed by atoms with E-state index in [1.807, 2.05) is 7.05 Å².